The third-order valence-corrected chi connectivity index (χ3v) is 2.81. The molecule has 5 heteroatoms. The Kier molecular flexibility index (Phi) is 3.71. The zero-order valence-electron chi connectivity index (χ0n) is 10.7. The minimum atomic E-state index is -0.238. The number of hydrogen-bond donors (Lipinski definition) is 1. The highest BCUT2D eigenvalue weighted by Crippen LogP contribution is 2.19. The number of aromatic nitrogens is 2. The second-order valence-electron chi connectivity index (χ2n) is 4.25. The largest absolute Gasteiger partial charge is 0.348 e. The molecule has 0 fully saturated rings. The summed E-state index contributed by atoms with van der Waals surface area (Å²) in [6, 6.07) is 8.40. The van der Waals surface area contributed by atoms with Gasteiger partial charge in [0.2, 0.25) is 5.95 Å². The van der Waals surface area contributed by atoms with E-state index in [4.69, 9.17) is 5.26 Å². The van der Waals surface area contributed by atoms with E-state index in [-0.39, 0.29) is 11.9 Å². The average molecular weight is 256 g/mol. The van der Waals surface area contributed by atoms with Gasteiger partial charge in [0.1, 0.15) is 17.6 Å². The lowest BCUT2D eigenvalue weighted by Crippen LogP contribution is -2.10. The first kappa shape index (κ1) is 13.0. The Morgan fingerprint density at radius 3 is 2.84 bits per heavy atom. The lowest BCUT2D eigenvalue weighted by Gasteiger charge is -2.14. The van der Waals surface area contributed by atoms with Crippen LogP contribution in [0.15, 0.2) is 30.5 Å². The van der Waals surface area contributed by atoms with Crippen molar-refractivity contribution in [2.24, 2.45) is 0 Å². The molecule has 96 valence electrons. The first-order valence-electron chi connectivity index (χ1n) is 5.86. The SMILES string of the molecule is Cc1ccc(C(C)Nc2nccc(C#N)n2)cc1F. The van der Waals surface area contributed by atoms with E-state index in [9.17, 15) is 4.39 Å². The maximum absolute atomic E-state index is 13.5. The fraction of sp³-hybridized carbons (Fsp3) is 0.214. The number of nitrogens with zero attached hydrogens (tertiary/aromatic N) is 3. The highest BCUT2D eigenvalue weighted by Gasteiger charge is 2.09. The first-order valence-corrected chi connectivity index (χ1v) is 5.86. The molecule has 0 radical (unpaired) electrons. The fourth-order valence-electron chi connectivity index (χ4n) is 1.65. The van der Waals surface area contributed by atoms with Crippen molar-refractivity contribution in [2.45, 2.75) is 19.9 Å². The quantitative estimate of drug-likeness (QED) is 0.917. The van der Waals surface area contributed by atoms with Gasteiger partial charge in [-0.05, 0) is 37.1 Å². The Balaban J connectivity index is 2.18. The summed E-state index contributed by atoms with van der Waals surface area (Å²) >= 11 is 0. The summed E-state index contributed by atoms with van der Waals surface area (Å²) in [4.78, 5) is 8.05. The minimum absolute atomic E-state index is 0.149. The normalized spacial score (nSPS) is 11.7. The topological polar surface area (TPSA) is 61.6 Å². The van der Waals surface area contributed by atoms with E-state index in [1.165, 1.54) is 18.3 Å². The summed E-state index contributed by atoms with van der Waals surface area (Å²) in [7, 11) is 0. The minimum Gasteiger partial charge on any atom is -0.348 e. The lowest BCUT2D eigenvalue weighted by molar-refractivity contribution is 0.614. The zero-order valence-corrected chi connectivity index (χ0v) is 10.7. The van der Waals surface area contributed by atoms with Gasteiger partial charge in [-0.1, -0.05) is 12.1 Å². The van der Waals surface area contributed by atoms with Crippen molar-refractivity contribution >= 4 is 5.95 Å². The van der Waals surface area contributed by atoms with Crippen molar-refractivity contribution in [1.82, 2.24) is 9.97 Å². The molecule has 1 unspecified atom stereocenters. The third kappa shape index (κ3) is 3.05. The summed E-state index contributed by atoms with van der Waals surface area (Å²) in [6.45, 7) is 3.60. The van der Waals surface area contributed by atoms with E-state index < -0.39 is 0 Å². The second-order valence-corrected chi connectivity index (χ2v) is 4.25. The Labute approximate surface area is 110 Å². The lowest BCUT2D eigenvalue weighted by atomic mass is 10.1. The first-order chi connectivity index (χ1) is 9.10. The van der Waals surface area contributed by atoms with Crippen molar-refractivity contribution < 1.29 is 4.39 Å². The molecule has 2 rings (SSSR count). The van der Waals surface area contributed by atoms with Gasteiger partial charge in [0.05, 0.1) is 6.04 Å². The van der Waals surface area contributed by atoms with Crippen LogP contribution in [0.4, 0.5) is 10.3 Å². The Morgan fingerprint density at radius 2 is 2.16 bits per heavy atom. The van der Waals surface area contributed by atoms with E-state index in [0.29, 0.717) is 17.2 Å². The Morgan fingerprint density at radius 1 is 1.37 bits per heavy atom. The number of rotatable bonds is 3. The van der Waals surface area contributed by atoms with Crippen LogP contribution in [0.2, 0.25) is 0 Å². The van der Waals surface area contributed by atoms with E-state index >= 15 is 0 Å². The van der Waals surface area contributed by atoms with Crippen LogP contribution in [-0.2, 0) is 0 Å². The molecular formula is C14H13FN4. The van der Waals surface area contributed by atoms with Crippen molar-refractivity contribution in [3.63, 3.8) is 0 Å². The van der Waals surface area contributed by atoms with E-state index in [2.05, 4.69) is 15.3 Å². The van der Waals surface area contributed by atoms with E-state index in [0.717, 1.165) is 5.56 Å². The molecule has 1 aromatic carbocycles. The molecular weight excluding hydrogens is 243 g/mol. The molecule has 1 aromatic heterocycles. The number of halogens is 1. The van der Waals surface area contributed by atoms with Gasteiger partial charge in [0.25, 0.3) is 0 Å². The molecule has 0 aliphatic heterocycles. The summed E-state index contributed by atoms with van der Waals surface area (Å²) in [5.41, 5.74) is 1.70. The van der Waals surface area contributed by atoms with Crippen molar-refractivity contribution in [3.8, 4) is 6.07 Å². The maximum Gasteiger partial charge on any atom is 0.224 e. The Hall–Kier alpha value is -2.48. The molecule has 0 spiro atoms. The molecule has 0 aliphatic rings. The van der Waals surface area contributed by atoms with Crippen LogP contribution in [0.3, 0.4) is 0 Å². The molecule has 4 nitrogen and oxygen atoms in total. The van der Waals surface area contributed by atoms with Gasteiger partial charge < -0.3 is 5.32 Å². The molecule has 0 aliphatic carbocycles. The average Bonchev–Trinajstić information content (AvgIpc) is 2.42. The highest BCUT2D eigenvalue weighted by atomic mass is 19.1. The smallest absolute Gasteiger partial charge is 0.224 e. The van der Waals surface area contributed by atoms with Gasteiger partial charge in [-0.2, -0.15) is 5.26 Å². The highest BCUT2D eigenvalue weighted by molar-refractivity contribution is 5.35. The molecule has 0 bridgehead atoms. The van der Waals surface area contributed by atoms with Gasteiger partial charge in [0, 0.05) is 6.20 Å². The predicted octanol–water partition coefficient (Wildman–Crippen LogP) is 2.97. The van der Waals surface area contributed by atoms with Crippen LogP contribution in [-0.4, -0.2) is 9.97 Å². The van der Waals surface area contributed by atoms with Crippen LogP contribution in [0.25, 0.3) is 0 Å². The van der Waals surface area contributed by atoms with Crippen LogP contribution < -0.4 is 5.32 Å². The van der Waals surface area contributed by atoms with Crippen molar-refractivity contribution in [3.05, 3.63) is 53.1 Å². The van der Waals surface area contributed by atoms with Gasteiger partial charge >= 0.3 is 0 Å². The fourth-order valence-corrected chi connectivity index (χ4v) is 1.65. The van der Waals surface area contributed by atoms with Crippen molar-refractivity contribution in [1.29, 1.82) is 5.26 Å². The number of nitriles is 1. The number of hydrogen-bond acceptors (Lipinski definition) is 4. The maximum atomic E-state index is 13.5. The van der Waals surface area contributed by atoms with E-state index in [1.807, 2.05) is 19.1 Å². The predicted molar refractivity (Wildman–Crippen MR) is 69.9 cm³/mol. The van der Waals surface area contributed by atoms with Crippen LogP contribution in [0, 0.1) is 24.1 Å². The summed E-state index contributed by atoms with van der Waals surface area (Å²) < 4.78 is 13.5. The van der Waals surface area contributed by atoms with Crippen LogP contribution >= 0.6 is 0 Å². The van der Waals surface area contributed by atoms with Gasteiger partial charge in [-0.25, -0.2) is 14.4 Å². The second kappa shape index (κ2) is 5.44. The summed E-state index contributed by atoms with van der Waals surface area (Å²) in [5.74, 6) is 0.116. The van der Waals surface area contributed by atoms with Crippen LogP contribution in [0.5, 0.6) is 0 Å². The van der Waals surface area contributed by atoms with E-state index in [1.54, 1.807) is 13.0 Å². The van der Waals surface area contributed by atoms with Gasteiger partial charge in [-0.15, -0.1) is 0 Å². The molecule has 0 saturated heterocycles. The monoisotopic (exact) mass is 256 g/mol. The molecule has 2 aromatic rings. The molecule has 1 N–H and O–H groups in total. The number of nitrogens with one attached hydrogen (secondary N) is 1. The number of anilines is 1. The van der Waals surface area contributed by atoms with Crippen molar-refractivity contribution in [2.75, 3.05) is 5.32 Å². The molecule has 0 amide bonds. The molecule has 0 saturated carbocycles. The molecule has 1 heterocycles. The summed E-state index contributed by atoms with van der Waals surface area (Å²) in [6.07, 6.45) is 1.51. The summed E-state index contributed by atoms with van der Waals surface area (Å²) in [5, 5.41) is 11.8. The van der Waals surface area contributed by atoms with Gasteiger partial charge in [0.15, 0.2) is 0 Å². The molecule has 1 atom stereocenters. The van der Waals surface area contributed by atoms with Crippen LogP contribution in [0.1, 0.15) is 29.8 Å². The number of aryl methyl sites for hydroxylation is 1. The zero-order chi connectivity index (χ0) is 13.8. The van der Waals surface area contributed by atoms with Gasteiger partial charge in [-0.3, -0.25) is 0 Å². The standard InChI is InChI=1S/C14H13FN4/c1-9-3-4-11(7-13(9)15)10(2)18-14-17-6-5-12(8-16)19-14/h3-7,10H,1-2H3,(H,17,18,19). The Bertz CT molecular complexity index is 634. The molecule has 19 heavy (non-hydrogen) atoms. The third-order valence-electron chi connectivity index (χ3n) is 2.81. The number of benzene rings is 1.